The van der Waals surface area contributed by atoms with Gasteiger partial charge in [-0.3, -0.25) is 4.79 Å². The molecule has 2 aromatic carbocycles. The number of nitrogens with one attached hydrogen (secondary N) is 1. The fourth-order valence-electron chi connectivity index (χ4n) is 2.51. The van der Waals surface area contributed by atoms with Crippen LogP contribution in [0.2, 0.25) is 0 Å². The van der Waals surface area contributed by atoms with Gasteiger partial charge in [0.25, 0.3) is 0 Å². The highest BCUT2D eigenvalue weighted by Gasteiger charge is 2.44. The molecule has 1 N–H and O–H groups in total. The Kier molecular flexibility index (Phi) is 3.67. The minimum absolute atomic E-state index is 0.109. The summed E-state index contributed by atoms with van der Waals surface area (Å²) in [5, 5.41) is 7.09. The van der Waals surface area contributed by atoms with Crippen molar-refractivity contribution in [3.63, 3.8) is 0 Å². The highest BCUT2D eigenvalue weighted by molar-refractivity contribution is 6.20. The van der Waals surface area contributed by atoms with E-state index < -0.39 is 5.41 Å². The highest BCUT2D eigenvalue weighted by atomic mass is 16.6. The number of anilines is 1. The molecule has 112 valence electrons. The van der Waals surface area contributed by atoms with Crippen LogP contribution < -0.4 is 5.32 Å². The van der Waals surface area contributed by atoms with Crippen molar-refractivity contribution in [3.8, 4) is 0 Å². The molecule has 22 heavy (non-hydrogen) atoms. The first-order valence-corrected chi connectivity index (χ1v) is 7.24. The fourth-order valence-corrected chi connectivity index (χ4v) is 2.51. The number of hydrogen-bond acceptors (Lipinski definition) is 3. The Labute approximate surface area is 129 Å². The van der Waals surface area contributed by atoms with Crippen LogP contribution in [-0.4, -0.2) is 18.2 Å². The number of amides is 1. The summed E-state index contributed by atoms with van der Waals surface area (Å²) in [4.78, 5) is 18.0. The van der Waals surface area contributed by atoms with Gasteiger partial charge in [0.15, 0.2) is 0 Å². The Bertz CT molecular complexity index is 725. The zero-order valence-electron chi connectivity index (χ0n) is 12.7. The molecule has 0 spiro atoms. The van der Waals surface area contributed by atoms with Crippen molar-refractivity contribution in [3.05, 3.63) is 65.7 Å². The number of rotatable bonds is 3. The summed E-state index contributed by atoms with van der Waals surface area (Å²) in [6.07, 6.45) is 0. The number of nitrogens with zero attached hydrogens (tertiary/aromatic N) is 1. The number of para-hydroxylation sites is 1. The SMILES string of the molecule is Cc1ccccc1NC(=O)C1(C)CON=C1c1ccccc1. The average Bonchev–Trinajstić information content (AvgIpc) is 2.94. The summed E-state index contributed by atoms with van der Waals surface area (Å²) in [6, 6.07) is 17.4. The van der Waals surface area contributed by atoms with Gasteiger partial charge in [-0.05, 0) is 25.5 Å². The lowest BCUT2D eigenvalue weighted by molar-refractivity contribution is -0.122. The minimum atomic E-state index is -0.802. The number of benzene rings is 2. The van der Waals surface area contributed by atoms with Gasteiger partial charge in [0.2, 0.25) is 5.91 Å². The van der Waals surface area contributed by atoms with Gasteiger partial charge < -0.3 is 10.2 Å². The predicted octanol–water partition coefficient (Wildman–Crippen LogP) is 3.37. The van der Waals surface area contributed by atoms with Crippen LogP contribution in [0.4, 0.5) is 5.69 Å². The summed E-state index contributed by atoms with van der Waals surface area (Å²) in [6.45, 7) is 4.07. The van der Waals surface area contributed by atoms with Crippen molar-refractivity contribution in [2.45, 2.75) is 13.8 Å². The predicted molar refractivity (Wildman–Crippen MR) is 86.8 cm³/mol. The van der Waals surface area contributed by atoms with Crippen molar-refractivity contribution >= 4 is 17.3 Å². The van der Waals surface area contributed by atoms with E-state index in [1.54, 1.807) is 0 Å². The molecule has 0 bridgehead atoms. The lowest BCUT2D eigenvalue weighted by Crippen LogP contribution is -2.41. The van der Waals surface area contributed by atoms with E-state index in [-0.39, 0.29) is 12.5 Å². The van der Waals surface area contributed by atoms with Crippen molar-refractivity contribution < 1.29 is 9.63 Å². The number of aryl methyl sites for hydroxylation is 1. The maximum atomic E-state index is 12.8. The van der Waals surface area contributed by atoms with Crippen LogP contribution in [-0.2, 0) is 9.63 Å². The smallest absolute Gasteiger partial charge is 0.240 e. The van der Waals surface area contributed by atoms with Crippen LogP contribution in [0.3, 0.4) is 0 Å². The number of hydrogen-bond donors (Lipinski definition) is 1. The van der Waals surface area contributed by atoms with Crippen molar-refractivity contribution in [1.82, 2.24) is 0 Å². The second-order valence-corrected chi connectivity index (χ2v) is 5.68. The second kappa shape index (κ2) is 5.64. The lowest BCUT2D eigenvalue weighted by atomic mass is 9.81. The minimum Gasteiger partial charge on any atom is -0.394 e. The quantitative estimate of drug-likeness (QED) is 0.943. The molecule has 1 heterocycles. The molecule has 2 aromatic rings. The fraction of sp³-hybridized carbons (Fsp3) is 0.222. The van der Waals surface area contributed by atoms with Gasteiger partial charge >= 0.3 is 0 Å². The first-order valence-electron chi connectivity index (χ1n) is 7.24. The normalized spacial score (nSPS) is 20.2. The number of oxime groups is 1. The standard InChI is InChI=1S/C18H18N2O2/c1-13-8-6-7-11-15(13)19-17(21)18(2)12-22-20-16(18)14-9-4-3-5-10-14/h3-11H,12H2,1-2H3,(H,19,21). The maximum Gasteiger partial charge on any atom is 0.240 e. The molecular weight excluding hydrogens is 276 g/mol. The molecule has 0 fully saturated rings. The lowest BCUT2D eigenvalue weighted by Gasteiger charge is -2.23. The Morgan fingerprint density at radius 3 is 2.55 bits per heavy atom. The number of carbonyl (C=O) groups is 1. The average molecular weight is 294 g/mol. The highest BCUT2D eigenvalue weighted by Crippen LogP contribution is 2.31. The summed E-state index contributed by atoms with van der Waals surface area (Å²) in [5.41, 5.74) is 2.61. The van der Waals surface area contributed by atoms with E-state index in [0.717, 1.165) is 16.8 Å². The zero-order chi connectivity index (χ0) is 15.6. The van der Waals surface area contributed by atoms with Crippen molar-refractivity contribution in [2.24, 2.45) is 10.6 Å². The van der Waals surface area contributed by atoms with Crippen LogP contribution in [0.25, 0.3) is 0 Å². The Balaban J connectivity index is 1.88. The topological polar surface area (TPSA) is 50.7 Å². The molecule has 0 aromatic heterocycles. The van der Waals surface area contributed by atoms with Crippen LogP contribution in [0.5, 0.6) is 0 Å². The van der Waals surface area contributed by atoms with Gasteiger partial charge in [0, 0.05) is 11.3 Å². The monoisotopic (exact) mass is 294 g/mol. The molecule has 1 amide bonds. The molecule has 3 rings (SSSR count). The van der Waals surface area contributed by atoms with E-state index in [0.29, 0.717) is 5.71 Å². The summed E-state index contributed by atoms with van der Waals surface area (Å²) >= 11 is 0. The first-order chi connectivity index (χ1) is 10.6. The Morgan fingerprint density at radius 1 is 1.14 bits per heavy atom. The molecule has 0 radical (unpaired) electrons. The molecule has 1 unspecified atom stereocenters. The van der Waals surface area contributed by atoms with Crippen molar-refractivity contribution in [1.29, 1.82) is 0 Å². The maximum absolute atomic E-state index is 12.8. The molecule has 1 aliphatic heterocycles. The van der Waals surface area contributed by atoms with Crippen LogP contribution in [0, 0.1) is 12.3 Å². The molecular formula is C18H18N2O2. The Hall–Kier alpha value is -2.62. The van der Waals surface area contributed by atoms with E-state index in [9.17, 15) is 4.79 Å². The third kappa shape index (κ3) is 2.48. The molecule has 1 atom stereocenters. The van der Waals surface area contributed by atoms with Crippen LogP contribution in [0.15, 0.2) is 59.8 Å². The third-order valence-corrected chi connectivity index (χ3v) is 3.97. The van der Waals surface area contributed by atoms with Crippen LogP contribution >= 0.6 is 0 Å². The van der Waals surface area contributed by atoms with Crippen LogP contribution in [0.1, 0.15) is 18.1 Å². The molecule has 0 aliphatic carbocycles. The first kappa shape index (κ1) is 14.3. The molecule has 4 nitrogen and oxygen atoms in total. The van der Waals surface area contributed by atoms with E-state index in [1.807, 2.05) is 68.4 Å². The van der Waals surface area contributed by atoms with Gasteiger partial charge in [0.05, 0.1) is 0 Å². The van der Waals surface area contributed by atoms with E-state index in [2.05, 4.69) is 10.5 Å². The van der Waals surface area contributed by atoms with E-state index in [4.69, 9.17) is 4.84 Å². The molecule has 0 saturated heterocycles. The second-order valence-electron chi connectivity index (χ2n) is 5.68. The molecule has 0 saturated carbocycles. The largest absolute Gasteiger partial charge is 0.394 e. The van der Waals surface area contributed by atoms with Gasteiger partial charge in [-0.15, -0.1) is 0 Å². The summed E-state index contributed by atoms with van der Waals surface area (Å²) < 4.78 is 0. The van der Waals surface area contributed by atoms with Crippen molar-refractivity contribution in [2.75, 3.05) is 11.9 Å². The molecule has 1 aliphatic rings. The number of carbonyl (C=O) groups excluding carboxylic acids is 1. The summed E-state index contributed by atoms with van der Waals surface area (Å²) in [7, 11) is 0. The third-order valence-electron chi connectivity index (χ3n) is 3.97. The van der Waals surface area contributed by atoms with E-state index in [1.165, 1.54) is 0 Å². The van der Waals surface area contributed by atoms with E-state index >= 15 is 0 Å². The van der Waals surface area contributed by atoms with Gasteiger partial charge in [0.1, 0.15) is 17.7 Å². The van der Waals surface area contributed by atoms with Gasteiger partial charge in [-0.1, -0.05) is 53.7 Å². The zero-order valence-corrected chi connectivity index (χ0v) is 12.7. The Morgan fingerprint density at radius 2 is 1.82 bits per heavy atom. The summed E-state index contributed by atoms with van der Waals surface area (Å²) in [5.74, 6) is -0.109. The molecule has 4 heteroatoms. The van der Waals surface area contributed by atoms with Gasteiger partial charge in [-0.25, -0.2) is 0 Å². The van der Waals surface area contributed by atoms with Gasteiger partial charge in [-0.2, -0.15) is 0 Å².